The Hall–Kier alpha value is 0.487. The van der Waals surface area contributed by atoms with E-state index in [0.29, 0.717) is 11.1 Å². The van der Waals surface area contributed by atoms with Gasteiger partial charge in [0, 0.05) is 18.4 Å². The van der Waals surface area contributed by atoms with E-state index < -0.39 is 8.32 Å². The van der Waals surface area contributed by atoms with E-state index in [2.05, 4.69) is 58.7 Å². The van der Waals surface area contributed by atoms with Crippen LogP contribution in [0, 0.1) is 0 Å². The van der Waals surface area contributed by atoms with Crippen LogP contribution in [0.4, 0.5) is 0 Å². The molecule has 0 radical (unpaired) electrons. The molecule has 1 unspecified atom stereocenters. The van der Waals surface area contributed by atoms with Gasteiger partial charge >= 0.3 is 0 Å². The van der Waals surface area contributed by atoms with Gasteiger partial charge in [-0.2, -0.15) is 12.6 Å². The van der Waals surface area contributed by atoms with Crippen LogP contribution in [0.5, 0.6) is 0 Å². The highest BCUT2D eigenvalue weighted by Gasteiger charge is 2.36. The van der Waals surface area contributed by atoms with Crippen LogP contribution in [0.25, 0.3) is 0 Å². The van der Waals surface area contributed by atoms with Crippen molar-refractivity contribution in [2.45, 2.75) is 122 Å². The van der Waals surface area contributed by atoms with Crippen LogP contribution in [0.15, 0.2) is 0 Å². The summed E-state index contributed by atoms with van der Waals surface area (Å²) in [5, 5.41) is 3.93. The Morgan fingerprint density at radius 3 is 1.73 bits per heavy atom. The fourth-order valence-electron chi connectivity index (χ4n) is 2.83. The number of rotatable bonds is 17. The van der Waals surface area contributed by atoms with Crippen LogP contribution >= 0.6 is 12.6 Å². The first-order chi connectivity index (χ1) is 12.2. The van der Waals surface area contributed by atoms with Gasteiger partial charge in [0.25, 0.3) is 0 Å². The van der Waals surface area contributed by atoms with Crippen molar-refractivity contribution in [1.29, 1.82) is 0 Å². The van der Waals surface area contributed by atoms with Crippen molar-refractivity contribution >= 4 is 20.9 Å². The van der Waals surface area contributed by atoms with Crippen molar-refractivity contribution in [3.8, 4) is 0 Å². The lowest BCUT2D eigenvalue weighted by Gasteiger charge is -2.36. The third-order valence-electron chi connectivity index (χ3n) is 5.99. The van der Waals surface area contributed by atoms with Crippen molar-refractivity contribution in [1.82, 2.24) is 5.32 Å². The third-order valence-corrected chi connectivity index (χ3v) is 11.0. The minimum absolute atomic E-state index is 0.341. The maximum atomic E-state index is 6.24. The molecule has 0 aliphatic heterocycles. The highest BCUT2D eigenvalue weighted by Crippen LogP contribution is 2.36. The van der Waals surface area contributed by atoms with Gasteiger partial charge in [-0.25, -0.2) is 0 Å². The molecule has 0 saturated carbocycles. The average molecular weight is 404 g/mol. The highest BCUT2D eigenvalue weighted by atomic mass is 32.1. The van der Waals surface area contributed by atoms with Gasteiger partial charge in [0.05, 0.1) is 0 Å². The normalized spacial score (nSPS) is 14.0. The molecule has 1 N–H and O–H groups in total. The van der Waals surface area contributed by atoms with Crippen LogP contribution in [-0.4, -0.2) is 33.3 Å². The van der Waals surface area contributed by atoms with E-state index in [1.54, 1.807) is 0 Å². The van der Waals surface area contributed by atoms with Crippen LogP contribution in [0.3, 0.4) is 0 Å². The van der Waals surface area contributed by atoms with Crippen molar-refractivity contribution < 1.29 is 4.43 Å². The summed E-state index contributed by atoms with van der Waals surface area (Å²) in [5.41, 5.74) is 0. The summed E-state index contributed by atoms with van der Waals surface area (Å²) >= 11 is 4.37. The van der Waals surface area contributed by atoms with Gasteiger partial charge in [0.1, 0.15) is 0 Å². The van der Waals surface area contributed by atoms with Crippen LogP contribution in [0.1, 0.15) is 98.3 Å². The molecular weight excluding hydrogens is 354 g/mol. The Balaban J connectivity index is 3.30. The second-order valence-corrected chi connectivity index (χ2v) is 14.6. The van der Waals surface area contributed by atoms with Gasteiger partial charge in [0.2, 0.25) is 0 Å². The molecule has 158 valence electrons. The van der Waals surface area contributed by atoms with Crippen LogP contribution in [-0.2, 0) is 4.43 Å². The zero-order chi connectivity index (χ0) is 19.9. The summed E-state index contributed by atoms with van der Waals surface area (Å²) in [6.45, 7) is 16.0. The SMILES string of the molecule is CCC(CS)NCCCCCCCCCCCCO[Si](C)(C)C(C)(C)C. The molecule has 1 atom stereocenters. The van der Waals surface area contributed by atoms with E-state index in [9.17, 15) is 0 Å². The first-order valence-corrected chi connectivity index (χ1v) is 14.8. The van der Waals surface area contributed by atoms with Crippen LogP contribution in [0.2, 0.25) is 18.1 Å². The van der Waals surface area contributed by atoms with E-state index in [1.807, 2.05) is 0 Å². The smallest absolute Gasteiger partial charge is 0.191 e. The molecular formula is C22H49NOSSi. The molecule has 0 amide bonds. The second-order valence-electron chi connectivity index (χ2n) is 9.39. The standard InChI is InChI=1S/C22H49NOSSi/c1-7-21(20-25)23-18-16-14-12-10-8-9-11-13-15-17-19-24-26(5,6)22(2,3)4/h21,23,25H,7-20H2,1-6H3. The Kier molecular flexibility index (Phi) is 15.7. The van der Waals surface area contributed by atoms with E-state index in [0.717, 1.165) is 18.9 Å². The van der Waals surface area contributed by atoms with Crippen molar-refractivity contribution in [2.75, 3.05) is 18.9 Å². The Labute approximate surface area is 172 Å². The molecule has 0 aromatic heterocycles. The van der Waals surface area contributed by atoms with Gasteiger partial charge in [-0.05, 0) is 43.9 Å². The lowest BCUT2D eigenvalue weighted by molar-refractivity contribution is 0.277. The summed E-state index contributed by atoms with van der Waals surface area (Å²) in [4.78, 5) is 0. The highest BCUT2D eigenvalue weighted by molar-refractivity contribution is 7.80. The number of hydrogen-bond donors (Lipinski definition) is 2. The maximum absolute atomic E-state index is 6.24. The van der Waals surface area contributed by atoms with Gasteiger partial charge < -0.3 is 9.74 Å². The molecule has 0 aliphatic rings. The van der Waals surface area contributed by atoms with E-state index >= 15 is 0 Å². The first-order valence-electron chi connectivity index (χ1n) is 11.2. The van der Waals surface area contributed by atoms with Gasteiger partial charge in [0.15, 0.2) is 8.32 Å². The van der Waals surface area contributed by atoms with Crippen molar-refractivity contribution in [3.05, 3.63) is 0 Å². The summed E-state index contributed by atoms with van der Waals surface area (Å²) in [5.74, 6) is 0.957. The van der Waals surface area contributed by atoms with Crippen molar-refractivity contribution in [3.63, 3.8) is 0 Å². The molecule has 0 fully saturated rings. The zero-order valence-corrected chi connectivity index (χ0v) is 20.7. The maximum Gasteiger partial charge on any atom is 0.191 e. The number of nitrogens with one attached hydrogen (secondary N) is 1. The Morgan fingerprint density at radius 1 is 0.846 bits per heavy atom. The largest absolute Gasteiger partial charge is 0.417 e. The molecule has 0 aromatic carbocycles. The van der Waals surface area contributed by atoms with Gasteiger partial charge in [-0.15, -0.1) is 0 Å². The first kappa shape index (κ1) is 26.5. The Bertz CT molecular complexity index is 314. The number of hydrogen-bond acceptors (Lipinski definition) is 3. The minimum atomic E-state index is -1.52. The predicted molar refractivity (Wildman–Crippen MR) is 125 cm³/mol. The fourth-order valence-corrected chi connectivity index (χ4v) is 4.30. The molecule has 2 nitrogen and oxygen atoms in total. The number of unbranched alkanes of at least 4 members (excludes halogenated alkanes) is 9. The number of thiol groups is 1. The van der Waals surface area contributed by atoms with E-state index in [4.69, 9.17) is 4.43 Å². The Morgan fingerprint density at radius 2 is 1.31 bits per heavy atom. The molecule has 26 heavy (non-hydrogen) atoms. The molecule has 0 spiro atoms. The average Bonchev–Trinajstić information content (AvgIpc) is 2.57. The minimum Gasteiger partial charge on any atom is -0.417 e. The second kappa shape index (κ2) is 15.4. The molecule has 4 heteroatoms. The monoisotopic (exact) mass is 403 g/mol. The summed E-state index contributed by atoms with van der Waals surface area (Å²) in [6.07, 6.45) is 14.9. The fraction of sp³-hybridized carbons (Fsp3) is 1.00. The van der Waals surface area contributed by atoms with E-state index in [1.165, 1.54) is 70.6 Å². The summed E-state index contributed by atoms with van der Waals surface area (Å²) < 4.78 is 6.24. The van der Waals surface area contributed by atoms with Crippen molar-refractivity contribution in [2.24, 2.45) is 0 Å². The lowest BCUT2D eigenvalue weighted by atomic mass is 10.1. The molecule has 0 rings (SSSR count). The lowest BCUT2D eigenvalue weighted by Crippen LogP contribution is -2.40. The topological polar surface area (TPSA) is 21.3 Å². The molecule has 0 bridgehead atoms. The quantitative estimate of drug-likeness (QED) is 0.152. The summed E-state index contributed by atoms with van der Waals surface area (Å²) in [7, 11) is -1.52. The molecule has 0 heterocycles. The van der Waals surface area contributed by atoms with Gasteiger partial charge in [-0.1, -0.05) is 79.1 Å². The summed E-state index contributed by atoms with van der Waals surface area (Å²) in [6, 6.07) is 0.602. The molecule has 0 aliphatic carbocycles. The zero-order valence-electron chi connectivity index (χ0n) is 18.8. The van der Waals surface area contributed by atoms with Crippen LogP contribution < -0.4 is 5.32 Å². The molecule has 0 aromatic rings. The van der Waals surface area contributed by atoms with Gasteiger partial charge in [-0.3, -0.25) is 0 Å². The third kappa shape index (κ3) is 13.6. The van der Waals surface area contributed by atoms with E-state index in [-0.39, 0.29) is 0 Å². The molecule has 0 saturated heterocycles. The predicted octanol–water partition coefficient (Wildman–Crippen LogP) is 7.21.